The highest BCUT2D eigenvalue weighted by Crippen LogP contribution is 2.24. The lowest BCUT2D eigenvalue weighted by atomic mass is 9.91. The van der Waals surface area contributed by atoms with Crippen molar-refractivity contribution in [2.75, 3.05) is 6.54 Å². The van der Waals surface area contributed by atoms with E-state index in [4.69, 9.17) is 0 Å². The Labute approximate surface area is 82.0 Å². The van der Waals surface area contributed by atoms with E-state index in [1.165, 1.54) is 0 Å². The van der Waals surface area contributed by atoms with Crippen LogP contribution in [0.3, 0.4) is 0 Å². The van der Waals surface area contributed by atoms with Gasteiger partial charge in [0.05, 0.1) is 5.54 Å². The standard InChI is InChI=1S/C10H13NOS/c1-10(4-2-5-11-10)9(12)8-3-6-13-7-8/h3,6-7,11H,2,4-5H2,1H3. The number of nitrogens with one attached hydrogen (secondary N) is 1. The van der Waals surface area contributed by atoms with Crippen molar-refractivity contribution in [2.24, 2.45) is 0 Å². The molecule has 1 aliphatic rings. The predicted octanol–water partition coefficient (Wildman–Crippen LogP) is 2.07. The second-order valence-corrected chi connectivity index (χ2v) is 4.48. The van der Waals surface area contributed by atoms with E-state index in [1.54, 1.807) is 11.3 Å². The molecule has 1 unspecified atom stereocenters. The molecule has 1 saturated heterocycles. The largest absolute Gasteiger partial charge is 0.305 e. The van der Waals surface area contributed by atoms with Crippen LogP contribution < -0.4 is 5.32 Å². The number of Topliss-reactive ketones (excluding diaryl/α,β-unsaturated/α-hetero) is 1. The summed E-state index contributed by atoms with van der Waals surface area (Å²) in [5, 5.41) is 7.15. The van der Waals surface area contributed by atoms with Gasteiger partial charge in [0.25, 0.3) is 0 Å². The molecule has 0 amide bonds. The second-order valence-electron chi connectivity index (χ2n) is 3.70. The molecule has 1 aromatic rings. The normalized spacial score (nSPS) is 27.8. The Morgan fingerprint density at radius 3 is 3.08 bits per heavy atom. The fourth-order valence-corrected chi connectivity index (χ4v) is 2.44. The summed E-state index contributed by atoms with van der Waals surface area (Å²) in [6, 6.07) is 1.90. The number of ketones is 1. The number of hydrogen-bond acceptors (Lipinski definition) is 3. The number of carbonyl (C=O) groups is 1. The highest BCUT2D eigenvalue weighted by molar-refractivity contribution is 7.08. The summed E-state index contributed by atoms with van der Waals surface area (Å²) >= 11 is 1.58. The van der Waals surface area contributed by atoms with Gasteiger partial charge < -0.3 is 5.32 Å². The SMILES string of the molecule is CC1(C(=O)c2ccsc2)CCCN1. The molecule has 2 heterocycles. The summed E-state index contributed by atoms with van der Waals surface area (Å²) in [6.07, 6.45) is 2.06. The summed E-state index contributed by atoms with van der Waals surface area (Å²) < 4.78 is 0. The fourth-order valence-electron chi connectivity index (χ4n) is 1.80. The molecular weight excluding hydrogens is 182 g/mol. The van der Waals surface area contributed by atoms with Crippen LogP contribution in [-0.2, 0) is 0 Å². The predicted molar refractivity (Wildman–Crippen MR) is 54.3 cm³/mol. The van der Waals surface area contributed by atoms with E-state index in [9.17, 15) is 4.79 Å². The lowest BCUT2D eigenvalue weighted by molar-refractivity contribution is 0.0885. The molecule has 0 radical (unpaired) electrons. The molecular formula is C10H13NOS. The number of thiophene rings is 1. The van der Waals surface area contributed by atoms with Crippen molar-refractivity contribution in [1.82, 2.24) is 5.32 Å². The van der Waals surface area contributed by atoms with Crippen molar-refractivity contribution in [3.05, 3.63) is 22.4 Å². The third kappa shape index (κ3) is 1.54. The average Bonchev–Trinajstić information content (AvgIpc) is 2.73. The maximum absolute atomic E-state index is 12.0. The summed E-state index contributed by atoms with van der Waals surface area (Å²) in [5.74, 6) is 0.242. The van der Waals surface area contributed by atoms with Gasteiger partial charge in [-0.05, 0) is 37.8 Å². The summed E-state index contributed by atoms with van der Waals surface area (Å²) in [5.41, 5.74) is 0.544. The van der Waals surface area contributed by atoms with Crippen molar-refractivity contribution in [3.63, 3.8) is 0 Å². The quantitative estimate of drug-likeness (QED) is 0.732. The molecule has 13 heavy (non-hydrogen) atoms. The second kappa shape index (κ2) is 3.24. The zero-order valence-electron chi connectivity index (χ0n) is 7.67. The summed E-state index contributed by atoms with van der Waals surface area (Å²) in [7, 11) is 0. The van der Waals surface area contributed by atoms with Crippen LogP contribution in [-0.4, -0.2) is 17.9 Å². The minimum absolute atomic E-state index is 0.242. The van der Waals surface area contributed by atoms with Crippen LogP contribution >= 0.6 is 11.3 Å². The first kappa shape index (κ1) is 8.91. The van der Waals surface area contributed by atoms with Gasteiger partial charge in [-0.25, -0.2) is 0 Å². The van der Waals surface area contributed by atoms with Crippen LogP contribution in [0.2, 0.25) is 0 Å². The zero-order valence-corrected chi connectivity index (χ0v) is 8.49. The fraction of sp³-hybridized carbons (Fsp3) is 0.500. The van der Waals surface area contributed by atoms with Gasteiger partial charge in [0, 0.05) is 10.9 Å². The van der Waals surface area contributed by atoms with Crippen LogP contribution in [0.4, 0.5) is 0 Å². The van der Waals surface area contributed by atoms with Crippen molar-refractivity contribution in [3.8, 4) is 0 Å². The van der Waals surface area contributed by atoms with Gasteiger partial charge in [0.15, 0.2) is 5.78 Å². The van der Waals surface area contributed by atoms with Gasteiger partial charge >= 0.3 is 0 Å². The Bertz CT molecular complexity index is 299. The maximum Gasteiger partial charge on any atom is 0.183 e. The average molecular weight is 195 g/mol. The highest BCUT2D eigenvalue weighted by Gasteiger charge is 2.36. The minimum atomic E-state index is -0.304. The molecule has 2 nitrogen and oxygen atoms in total. The van der Waals surface area contributed by atoms with Gasteiger partial charge in [-0.3, -0.25) is 4.79 Å². The van der Waals surface area contributed by atoms with Crippen molar-refractivity contribution >= 4 is 17.1 Å². The molecule has 1 aromatic heterocycles. The Kier molecular flexibility index (Phi) is 2.22. The van der Waals surface area contributed by atoms with Crippen molar-refractivity contribution < 1.29 is 4.79 Å². The van der Waals surface area contributed by atoms with Gasteiger partial charge in [-0.1, -0.05) is 0 Å². The number of hydrogen-bond donors (Lipinski definition) is 1. The molecule has 0 aromatic carbocycles. The molecule has 0 saturated carbocycles. The van der Waals surface area contributed by atoms with Crippen molar-refractivity contribution in [2.45, 2.75) is 25.3 Å². The molecule has 1 fully saturated rings. The smallest absolute Gasteiger partial charge is 0.183 e. The highest BCUT2D eigenvalue weighted by atomic mass is 32.1. The van der Waals surface area contributed by atoms with Gasteiger partial charge in [0.2, 0.25) is 0 Å². The first-order valence-electron chi connectivity index (χ1n) is 4.54. The van der Waals surface area contributed by atoms with Gasteiger partial charge in [-0.15, -0.1) is 0 Å². The zero-order chi connectivity index (χ0) is 9.31. The Morgan fingerprint density at radius 1 is 1.69 bits per heavy atom. The molecule has 0 aliphatic carbocycles. The first-order chi connectivity index (χ1) is 6.22. The topological polar surface area (TPSA) is 29.1 Å². The molecule has 2 rings (SSSR count). The molecule has 70 valence electrons. The van der Waals surface area contributed by atoms with Crippen LogP contribution in [0, 0.1) is 0 Å². The van der Waals surface area contributed by atoms with Crippen LogP contribution in [0.1, 0.15) is 30.1 Å². The van der Waals surface area contributed by atoms with Crippen LogP contribution in [0.15, 0.2) is 16.8 Å². The molecule has 1 aliphatic heterocycles. The number of carbonyl (C=O) groups excluding carboxylic acids is 1. The molecule has 3 heteroatoms. The lowest BCUT2D eigenvalue weighted by Crippen LogP contribution is -2.44. The third-order valence-corrected chi connectivity index (χ3v) is 3.34. The van der Waals surface area contributed by atoms with E-state index in [0.717, 1.165) is 24.9 Å². The summed E-state index contributed by atoms with van der Waals surface area (Å²) in [4.78, 5) is 12.0. The lowest BCUT2D eigenvalue weighted by Gasteiger charge is -2.21. The molecule has 0 spiro atoms. The van der Waals surface area contributed by atoms with E-state index >= 15 is 0 Å². The Morgan fingerprint density at radius 2 is 2.54 bits per heavy atom. The van der Waals surface area contributed by atoms with Crippen molar-refractivity contribution in [1.29, 1.82) is 0 Å². The van der Waals surface area contributed by atoms with Gasteiger partial charge in [-0.2, -0.15) is 11.3 Å². The van der Waals surface area contributed by atoms with E-state index in [0.29, 0.717) is 0 Å². The minimum Gasteiger partial charge on any atom is -0.305 e. The Balaban J connectivity index is 2.21. The first-order valence-corrected chi connectivity index (χ1v) is 5.49. The monoisotopic (exact) mass is 195 g/mol. The summed E-state index contributed by atoms with van der Waals surface area (Å²) in [6.45, 7) is 2.96. The molecule has 0 bridgehead atoms. The van der Waals surface area contributed by atoms with E-state index in [2.05, 4.69) is 5.32 Å². The Hall–Kier alpha value is -0.670. The van der Waals surface area contributed by atoms with Gasteiger partial charge in [0.1, 0.15) is 0 Å². The maximum atomic E-state index is 12.0. The van der Waals surface area contributed by atoms with Crippen LogP contribution in [0.5, 0.6) is 0 Å². The molecule has 1 N–H and O–H groups in total. The number of rotatable bonds is 2. The van der Waals surface area contributed by atoms with Crippen LogP contribution in [0.25, 0.3) is 0 Å². The van der Waals surface area contributed by atoms with E-state index < -0.39 is 0 Å². The van der Waals surface area contributed by atoms with E-state index in [1.807, 2.05) is 23.8 Å². The van der Waals surface area contributed by atoms with E-state index in [-0.39, 0.29) is 11.3 Å². The molecule has 1 atom stereocenters. The third-order valence-electron chi connectivity index (χ3n) is 2.65.